The molecule has 0 fully saturated rings. The van der Waals surface area contributed by atoms with Gasteiger partial charge in [-0.25, -0.2) is 4.79 Å². The average molecular weight is 683 g/mol. The summed E-state index contributed by atoms with van der Waals surface area (Å²) in [7, 11) is 1.00. The first-order chi connectivity index (χ1) is 23.1. The van der Waals surface area contributed by atoms with Crippen LogP contribution < -0.4 is 27.0 Å². The van der Waals surface area contributed by atoms with Crippen LogP contribution in [0.4, 0.5) is 10.5 Å². The number of anilines is 1. The number of benzene rings is 1. The fourth-order valence-electron chi connectivity index (χ4n) is 3.38. The maximum Gasteiger partial charge on any atom is 0.312 e. The lowest BCUT2D eigenvalue weighted by molar-refractivity contribution is -0.137. The Balaban J connectivity index is 0. The van der Waals surface area contributed by atoms with Gasteiger partial charge in [-0.15, -0.1) is 0 Å². The Hall–Kier alpha value is -4.87. The Morgan fingerprint density at radius 1 is 0.958 bits per heavy atom. The van der Waals surface area contributed by atoms with Crippen LogP contribution in [0, 0.1) is 0 Å². The lowest BCUT2D eigenvalue weighted by Crippen LogP contribution is -2.47. The highest BCUT2D eigenvalue weighted by Gasteiger charge is 2.22. The van der Waals surface area contributed by atoms with E-state index < -0.39 is 23.9 Å². The van der Waals surface area contributed by atoms with Crippen molar-refractivity contribution in [3.8, 4) is 0 Å². The number of hydrogen-bond donors (Lipinski definition) is 6. The molecule has 1 aliphatic rings. The van der Waals surface area contributed by atoms with E-state index in [-0.39, 0.29) is 37.9 Å². The summed E-state index contributed by atoms with van der Waals surface area (Å²) < 4.78 is 14.9. The van der Waals surface area contributed by atoms with Gasteiger partial charge in [-0.3, -0.25) is 33.7 Å². The van der Waals surface area contributed by atoms with Gasteiger partial charge >= 0.3 is 6.03 Å². The Bertz CT molecular complexity index is 1100. The molecule has 7 amide bonds. The minimum absolute atomic E-state index is 0.118. The smallest absolute Gasteiger partial charge is 0.312 e. The van der Waals surface area contributed by atoms with Crippen molar-refractivity contribution >= 4 is 48.2 Å². The van der Waals surface area contributed by atoms with Crippen LogP contribution in [0.15, 0.2) is 36.4 Å². The molecule has 1 unspecified atom stereocenters. The van der Waals surface area contributed by atoms with Crippen molar-refractivity contribution in [2.24, 2.45) is 5.73 Å². The van der Waals surface area contributed by atoms with Crippen LogP contribution in [-0.4, -0.2) is 112 Å². The van der Waals surface area contributed by atoms with Crippen molar-refractivity contribution in [3.05, 3.63) is 42.0 Å². The number of nitrogens with two attached hydrogens (primary N) is 1. The van der Waals surface area contributed by atoms with Gasteiger partial charge in [0.25, 0.3) is 18.3 Å². The second kappa shape index (κ2) is 30.8. The highest BCUT2D eigenvalue weighted by Crippen LogP contribution is 2.12. The van der Waals surface area contributed by atoms with Crippen molar-refractivity contribution in [2.45, 2.75) is 52.7 Å². The number of carbonyl (C=O) groups excluding carboxylic acids is 7. The second-order valence-corrected chi connectivity index (χ2v) is 9.32. The zero-order valence-corrected chi connectivity index (χ0v) is 28.0. The van der Waals surface area contributed by atoms with Gasteiger partial charge < -0.3 is 46.3 Å². The van der Waals surface area contributed by atoms with E-state index >= 15 is 0 Å². The third-order valence-electron chi connectivity index (χ3n) is 5.44. The number of amides is 7. The molecule has 1 aliphatic heterocycles. The molecule has 270 valence electrons. The molecule has 0 saturated carbocycles. The Labute approximate surface area is 280 Å². The summed E-state index contributed by atoms with van der Waals surface area (Å²) in [6, 6.07) is 5.05. The lowest BCUT2D eigenvalue weighted by Gasteiger charge is -2.18. The van der Waals surface area contributed by atoms with E-state index in [1.54, 1.807) is 24.3 Å². The molecule has 1 heterocycles. The van der Waals surface area contributed by atoms with Crippen LogP contribution in [0.1, 0.15) is 45.6 Å². The topological polar surface area (TPSA) is 245 Å². The number of aliphatic hydroxyl groups excluding tert-OH is 1. The van der Waals surface area contributed by atoms with Crippen LogP contribution in [0.2, 0.25) is 0 Å². The Kier molecular flexibility index (Phi) is 29.0. The van der Waals surface area contributed by atoms with Crippen molar-refractivity contribution in [2.75, 3.05) is 58.5 Å². The van der Waals surface area contributed by atoms with E-state index in [0.717, 1.165) is 17.6 Å². The summed E-state index contributed by atoms with van der Waals surface area (Å²) >= 11 is 0. The molecule has 7 N–H and O–H groups in total. The fraction of sp³-hybridized carbons (Fsp3) is 0.516. The molecule has 1 atom stereocenters. The maximum atomic E-state index is 12.5. The number of primary amides is 1. The van der Waals surface area contributed by atoms with Gasteiger partial charge in [0.15, 0.2) is 0 Å². The van der Waals surface area contributed by atoms with Crippen molar-refractivity contribution in [1.82, 2.24) is 20.9 Å². The average Bonchev–Trinajstić information content (AvgIpc) is 3.40. The number of carbonyl (C=O) groups is 7. The van der Waals surface area contributed by atoms with Crippen molar-refractivity contribution < 1.29 is 52.9 Å². The minimum atomic E-state index is -0.881. The summed E-state index contributed by atoms with van der Waals surface area (Å²) in [6.45, 7) is 8.94. The number of hydrogen-bond acceptors (Lipinski definition) is 11. The van der Waals surface area contributed by atoms with Crippen LogP contribution in [-0.2, 0) is 49.6 Å². The molecule has 0 saturated heterocycles. The Morgan fingerprint density at radius 2 is 1.56 bits per heavy atom. The molecule has 2 rings (SSSR count). The molecule has 0 bridgehead atoms. The van der Waals surface area contributed by atoms with E-state index in [1.807, 2.05) is 6.92 Å². The van der Waals surface area contributed by atoms with Gasteiger partial charge in [0, 0.05) is 38.1 Å². The first kappa shape index (κ1) is 45.3. The minimum Gasteiger partial charge on any atom is -0.463 e. The largest absolute Gasteiger partial charge is 0.463 e. The van der Waals surface area contributed by atoms with Gasteiger partial charge in [0.2, 0.25) is 18.2 Å². The quantitative estimate of drug-likeness (QED) is 0.0606. The molecular weight excluding hydrogens is 632 g/mol. The van der Waals surface area contributed by atoms with Crippen molar-refractivity contribution in [3.63, 3.8) is 0 Å². The van der Waals surface area contributed by atoms with E-state index in [2.05, 4.69) is 39.9 Å². The zero-order chi connectivity index (χ0) is 36.6. The van der Waals surface area contributed by atoms with E-state index in [1.165, 1.54) is 18.6 Å². The van der Waals surface area contributed by atoms with E-state index in [9.17, 15) is 33.6 Å². The standard InChI is InChI=1S/C17H23N5O6.C10H15NO4.C3H8.CH4O/c18-17(27)20-7-1-2-14(22-15(25)8-19-10-23)16(26)21-13-5-3-12(4-6-13)9-28-11-24;1-2-14-7-8-15-6-5-11-9(12)3-4-10(11)13;1-3-2;1-2/h3-6,10-11,14H,1-2,7-9H2,(H,19,23)(H,21,26)(H,22,25)(H3,18,20,27);3-4H,2,5-8H2,1H3;3H2,1-2H3;2H,1H3. The van der Waals surface area contributed by atoms with Crippen LogP contribution >= 0.6 is 0 Å². The summed E-state index contributed by atoms with van der Waals surface area (Å²) in [5.41, 5.74) is 6.21. The van der Waals surface area contributed by atoms with Gasteiger partial charge in [0.05, 0.1) is 32.9 Å². The summed E-state index contributed by atoms with van der Waals surface area (Å²) in [5, 5.41) is 16.8. The number of urea groups is 1. The van der Waals surface area contributed by atoms with Crippen molar-refractivity contribution in [1.29, 1.82) is 0 Å². The van der Waals surface area contributed by atoms with Crippen LogP contribution in [0.25, 0.3) is 0 Å². The van der Waals surface area contributed by atoms with Gasteiger partial charge in [-0.05, 0) is 37.5 Å². The molecule has 0 spiro atoms. The molecule has 48 heavy (non-hydrogen) atoms. The first-order valence-electron chi connectivity index (χ1n) is 15.2. The van der Waals surface area contributed by atoms with Crippen LogP contribution in [0.5, 0.6) is 0 Å². The SMILES string of the molecule is CCC.CCOCCOCCN1C(=O)C=CC1=O.CO.NC(=O)NCCCC(NC(=O)CNC=O)C(=O)Nc1ccc(COC=O)cc1. The van der Waals surface area contributed by atoms with E-state index in [4.69, 9.17) is 20.3 Å². The molecule has 1 aromatic carbocycles. The third-order valence-corrected chi connectivity index (χ3v) is 5.44. The van der Waals surface area contributed by atoms with Gasteiger partial charge in [-0.1, -0.05) is 32.4 Å². The Morgan fingerprint density at radius 3 is 2.10 bits per heavy atom. The number of rotatable bonds is 20. The lowest BCUT2D eigenvalue weighted by atomic mass is 10.1. The first-order valence-corrected chi connectivity index (χ1v) is 15.2. The molecular formula is C31H50N6O11. The molecule has 17 heteroatoms. The number of aliphatic hydroxyl groups is 1. The number of imide groups is 1. The fourth-order valence-corrected chi connectivity index (χ4v) is 3.38. The summed E-state index contributed by atoms with van der Waals surface area (Å²) in [6.07, 6.45) is 4.79. The zero-order valence-electron chi connectivity index (χ0n) is 28.0. The molecule has 17 nitrogen and oxygen atoms in total. The normalized spacial score (nSPS) is 11.6. The molecule has 0 aromatic heterocycles. The number of nitrogens with zero attached hydrogens (tertiary/aromatic N) is 1. The highest BCUT2D eigenvalue weighted by molar-refractivity contribution is 6.12. The van der Waals surface area contributed by atoms with E-state index in [0.29, 0.717) is 58.0 Å². The van der Waals surface area contributed by atoms with Gasteiger partial charge in [-0.2, -0.15) is 0 Å². The molecule has 0 aliphatic carbocycles. The summed E-state index contributed by atoms with van der Waals surface area (Å²) in [4.78, 5) is 78.8. The monoisotopic (exact) mass is 682 g/mol. The number of ether oxygens (including phenoxy) is 3. The van der Waals surface area contributed by atoms with Gasteiger partial charge in [0.1, 0.15) is 12.6 Å². The number of nitrogens with one attached hydrogen (secondary N) is 4. The second-order valence-electron chi connectivity index (χ2n) is 9.32. The maximum absolute atomic E-state index is 12.5. The summed E-state index contributed by atoms with van der Waals surface area (Å²) in [5.74, 6) is -1.53. The molecule has 0 radical (unpaired) electrons. The van der Waals surface area contributed by atoms with Crippen LogP contribution in [0.3, 0.4) is 0 Å². The molecule has 1 aromatic rings. The predicted octanol–water partition coefficient (Wildman–Crippen LogP) is -0.0333. The predicted molar refractivity (Wildman–Crippen MR) is 176 cm³/mol. The highest BCUT2D eigenvalue weighted by atomic mass is 16.5. The third kappa shape index (κ3) is 23.5.